The highest BCUT2D eigenvalue weighted by Gasteiger charge is 2.28. The quantitative estimate of drug-likeness (QED) is 0.532. The van der Waals surface area contributed by atoms with E-state index in [1.165, 1.54) is 12.1 Å². The van der Waals surface area contributed by atoms with Gasteiger partial charge in [-0.25, -0.2) is 4.79 Å². The third kappa shape index (κ3) is 2.63. The van der Waals surface area contributed by atoms with E-state index in [1.807, 2.05) is 0 Å². The zero-order valence-corrected chi connectivity index (χ0v) is 9.31. The number of methoxy groups -OCH3 is 1. The number of ether oxygens (including phenoxy) is 1. The van der Waals surface area contributed by atoms with E-state index in [1.54, 1.807) is 6.07 Å². The normalized spacial score (nSPS) is 14.2. The highest BCUT2D eigenvalue weighted by Crippen LogP contribution is 2.27. The number of nitrogens with two attached hydrogens (primary N) is 1. The molecule has 0 radical (unpaired) electrons. The standard InChI is InChI=1S/C10H12ClNO4/c1-16-10(15)9(14)8(13)6-4-5(12)2-3-7(6)11/h2-4,8-9,13-14H,12H2,1H3. The van der Waals surface area contributed by atoms with Crippen molar-refractivity contribution in [1.29, 1.82) is 0 Å². The predicted molar refractivity (Wildman–Crippen MR) is 58.8 cm³/mol. The first-order chi connectivity index (χ1) is 7.47. The fourth-order valence-corrected chi connectivity index (χ4v) is 1.44. The predicted octanol–water partition coefficient (Wildman–Crippen LogP) is 0.490. The Morgan fingerprint density at radius 1 is 1.50 bits per heavy atom. The smallest absolute Gasteiger partial charge is 0.337 e. The van der Waals surface area contributed by atoms with Crippen molar-refractivity contribution in [2.75, 3.05) is 12.8 Å². The van der Waals surface area contributed by atoms with Crippen molar-refractivity contribution in [3.8, 4) is 0 Å². The van der Waals surface area contributed by atoms with Crippen LogP contribution in [-0.2, 0) is 9.53 Å². The van der Waals surface area contributed by atoms with E-state index >= 15 is 0 Å². The third-order valence-corrected chi connectivity index (χ3v) is 2.42. The number of aliphatic hydroxyl groups excluding tert-OH is 2. The monoisotopic (exact) mass is 245 g/mol. The van der Waals surface area contributed by atoms with E-state index < -0.39 is 18.2 Å². The summed E-state index contributed by atoms with van der Waals surface area (Å²) < 4.78 is 4.30. The molecule has 88 valence electrons. The number of carbonyl (C=O) groups is 1. The summed E-state index contributed by atoms with van der Waals surface area (Å²) in [5.74, 6) is -0.939. The van der Waals surface area contributed by atoms with Crippen LogP contribution in [0.25, 0.3) is 0 Å². The Hall–Kier alpha value is -1.30. The molecule has 2 unspecified atom stereocenters. The van der Waals surface area contributed by atoms with Gasteiger partial charge in [-0.1, -0.05) is 11.6 Å². The number of esters is 1. The largest absolute Gasteiger partial charge is 0.467 e. The van der Waals surface area contributed by atoms with E-state index in [9.17, 15) is 15.0 Å². The number of hydrogen-bond donors (Lipinski definition) is 3. The molecule has 2 atom stereocenters. The average molecular weight is 246 g/mol. The number of carbonyl (C=O) groups excluding carboxylic acids is 1. The number of nitrogen functional groups attached to an aromatic ring is 1. The van der Waals surface area contributed by atoms with Crippen molar-refractivity contribution < 1.29 is 19.7 Å². The van der Waals surface area contributed by atoms with Crippen LogP contribution < -0.4 is 5.73 Å². The van der Waals surface area contributed by atoms with Crippen LogP contribution in [0.5, 0.6) is 0 Å². The fraction of sp³-hybridized carbons (Fsp3) is 0.300. The van der Waals surface area contributed by atoms with Crippen LogP contribution in [0.4, 0.5) is 5.69 Å². The fourth-order valence-electron chi connectivity index (χ4n) is 1.21. The number of halogens is 1. The molecule has 6 heteroatoms. The van der Waals surface area contributed by atoms with E-state index in [0.717, 1.165) is 7.11 Å². The van der Waals surface area contributed by atoms with Gasteiger partial charge in [0.25, 0.3) is 0 Å². The first kappa shape index (κ1) is 12.8. The van der Waals surface area contributed by atoms with Gasteiger partial charge in [0.2, 0.25) is 0 Å². The van der Waals surface area contributed by atoms with Crippen molar-refractivity contribution >= 4 is 23.3 Å². The molecule has 0 bridgehead atoms. The number of aliphatic hydroxyl groups is 2. The summed E-state index contributed by atoms with van der Waals surface area (Å²) in [4.78, 5) is 11.0. The summed E-state index contributed by atoms with van der Waals surface area (Å²) >= 11 is 5.80. The Morgan fingerprint density at radius 3 is 2.69 bits per heavy atom. The van der Waals surface area contributed by atoms with Crippen LogP contribution in [0.2, 0.25) is 5.02 Å². The molecule has 0 aliphatic carbocycles. The van der Waals surface area contributed by atoms with Crippen LogP contribution >= 0.6 is 11.6 Å². The van der Waals surface area contributed by atoms with Gasteiger partial charge in [0.05, 0.1) is 7.11 Å². The number of anilines is 1. The molecule has 0 saturated carbocycles. The minimum atomic E-state index is -1.69. The molecule has 0 amide bonds. The molecule has 0 saturated heterocycles. The van der Waals surface area contributed by atoms with Crippen LogP contribution in [0.3, 0.4) is 0 Å². The second-order valence-corrected chi connectivity index (χ2v) is 3.60. The number of hydrogen-bond acceptors (Lipinski definition) is 5. The lowest BCUT2D eigenvalue weighted by Gasteiger charge is -2.17. The second kappa shape index (κ2) is 5.16. The molecule has 1 aromatic rings. The van der Waals surface area contributed by atoms with Crippen LogP contribution in [0.1, 0.15) is 11.7 Å². The van der Waals surface area contributed by atoms with Gasteiger partial charge in [0, 0.05) is 16.3 Å². The Balaban J connectivity index is 2.99. The second-order valence-electron chi connectivity index (χ2n) is 3.19. The van der Waals surface area contributed by atoms with E-state index in [0.29, 0.717) is 5.69 Å². The van der Waals surface area contributed by atoms with Crippen molar-refractivity contribution in [2.45, 2.75) is 12.2 Å². The van der Waals surface area contributed by atoms with Gasteiger partial charge in [0.1, 0.15) is 6.10 Å². The molecule has 0 aromatic heterocycles. The molecular weight excluding hydrogens is 234 g/mol. The molecule has 16 heavy (non-hydrogen) atoms. The maximum atomic E-state index is 11.0. The average Bonchev–Trinajstić information content (AvgIpc) is 2.29. The van der Waals surface area contributed by atoms with Gasteiger partial charge >= 0.3 is 5.97 Å². The minimum absolute atomic E-state index is 0.180. The topological polar surface area (TPSA) is 92.8 Å². The summed E-state index contributed by atoms with van der Waals surface area (Å²) in [6.45, 7) is 0. The molecular formula is C10H12ClNO4. The van der Waals surface area contributed by atoms with E-state index in [2.05, 4.69) is 4.74 Å². The summed E-state index contributed by atoms with van der Waals surface area (Å²) in [5, 5.41) is 19.3. The lowest BCUT2D eigenvalue weighted by molar-refractivity contribution is -0.156. The summed E-state index contributed by atoms with van der Waals surface area (Å²) in [6.07, 6.45) is -3.16. The summed E-state index contributed by atoms with van der Waals surface area (Å²) in [7, 11) is 1.11. The molecule has 0 spiro atoms. The van der Waals surface area contributed by atoms with Crippen molar-refractivity contribution in [1.82, 2.24) is 0 Å². The Labute approximate surface area is 97.4 Å². The zero-order valence-electron chi connectivity index (χ0n) is 8.55. The lowest BCUT2D eigenvalue weighted by atomic mass is 10.0. The molecule has 0 fully saturated rings. The van der Waals surface area contributed by atoms with Crippen molar-refractivity contribution in [3.05, 3.63) is 28.8 Å². The summed E-state index contributed by atoms with van der Waals surface area (Å²) in [5.41, 5.74) is 6.06. The zero-order chi connectivity index (χ0) is 12.3. The summed E-state index contributed by atoms with van der Waals surface area (Å²) in [6, 6.07) is 4.40. The minimum Gasteiger partial charge on any atom is -0.467 e. The van der Waals surface area contributed by atoms with Crippen molar-refractivity contribution in [2.24, 2.45) is 0 Å². The third-order valence-electron chi connectivity index (χ3n) is 2.08. The molecule has 0 heterocycles. The van der Waals surface area contributed by atoms with Gasteiger partial charge in [0.15, 0.2) is 6.10 Å². The molecule has 1 rings (SSSR count). The van der Waals surface area contributed by atoms with Gasteiger partial charge in [-0.3, -0.25) is 0 Å². The van der Waals surface area contributed by atoms with Gasteiger partial charge < -0.3 is 20.7 Å². The van der Waals surface area contributed by atoms with Crippen LogP contribution in [0, 0.1) is 0 Å². The number of benzene rings is 1. The van der Waals surface area contributed by atoms with E-state index in [-0.39, 0.29) is 10.6 Å². The number of rotatable bonds is 3. The molecule has 4 N–H and O–H groups in total. The van der Waals surface area contributed by atoms with Crippen molar-refractivity contribution in [3.63, 3.8) is 0 Å². The van der Waals surface area contributed by atoms with Gasteiger partial charge in [-0.15, -0.1) is 0 Å². The van der Waals surface area contributed by atoms with Gasteiger partial charge in [-0.2, -0.15) is 0 Å². The first-order valence-electron chi connectivity index (χ1n) is 4.46. The maximum absolute atomic E-state index is 11.0. The van der Waals surface area contributed by atoms with Gasteiger partial charge in [-0.05, 0) is 18.2 Å². The van der Waals surface area contributed by atoms with Crippen LogP contribution in [-0.4, -0.2) is 29.4 Å². The lowest BCUT2D eigenvalue weighted by Crippen LogP contribution is -2.29. The highest BCUT2D eigenvalue weighted by molar-refractivity contribution is 6.31. The Bertz CT molecular complexity index is 396. The molecule has 5 nitrogen and oxygen atoms in total. The SMILES string of the molecule is COC(=O)C(O)C(O)c1cc(N)ccc1Cl. The highest BCUT2D eigenvalue weighted by atomic mass is 35.5. The van der Waals surface area contributed by atoms with Crippen LogP contribution in [0.15, 0.2) is 18.2 Å². The van der Waals surface area contributed by atoms with E-state index in [4.69, 9.17) is 17.3 Å². The maximum Gasteiger partial charge on any atom is 0.337 e. The first-order valence-corrected chi connectivity index (χ1v) is 4.84. The molecule has 1 aromatic carbocycles. The molecule has 0 aliphatic rings. The Morgan fingerprint density at radius 2 is 2.12 bits per heavy atom. The molecule has 0 aliphatic heterocycles. The Kier molecular flexibility index (Phi) is 4.12.